The highest BCUT2D eigenvalue weighted by molar-refractivity contribution is 5.91. The predicted octanol–water partition coefficient (Wildman–Crippen LogP) is 3.29. The predicted molar refractivity (Wildman–Crippen MR) is 108 cm³/mol. The van der Waals surface area contributed by atoms with Crippen molar-refractivity contribution in [3.63, 3.8) is 0 Å². The molecule has 2 aromatic heterocycles. The third-order valence-corrected chi connectivity index (χ3v) is 4.06. The van der Waals surface area contributed by atoms with E-state index in [-0.39, 0.29) is 12.3 Å². The van der Waals surface area contributed by atoms with Crippen molar-refractivity contribution in [2.24, 2.45) is 0 Å². The van der Waals surface area contributed by atoms with Gasteiger partial charge in [-0.2, -0.15) is 0 Å². The third kappa shape index (κ3) is 5.20. The van der Waals surface area contributed by atoms with Gasteiger partial charge in [0.1, 0.15) is 5.82 Å². The number of carbonyl (C=O) groups excluding carboxylic acids is 1. The van der Waals surface area contributed by atoms with E-state index < -0.39 is 0 Å². The molecule has 0 radical (unpaired) electrons. The molecule has 0 bridgehead atoms. The molecule has 2 heterocycles. The molecular formula is C21H22N4O3. The standard InChI is InChI=1S/C21H22N4O3/c1-27-18-7-5-15(10-19(18)28-2)11-21(26)25-20-8-6-17(14-24-20)23-13-16-4-3-9-22-12-16/h3-10,12,14,23H,11,13H2,1-2H3,(H,24,25,26). The molecule has 0 aliphatic rings. The molecule has 0 atom stereocenters. The lowest BCUT2D eigenvalue weighted by atomic mass is 10.1. The Labute approximate surface area is 163 Å². The fraction of sp³-hybridized carbons (Fsp3) is 0.190. The monoisotopic (exact) mass is 378 g/mol. The normalized spacial score (nSPS) is 10.2. The lowest BCUT2D eigenvalue weighted by Crippen LogP contribution is -2.15. The van der Waals surface area contributed by atoms with Crippen molar-refractivity contribution in [3.8, 4) is 11.5 Å². The second-order valence-corrected chi connectivity index (χ2v) is 6.06. The Balaban J connectivity index is 1.54. The van der Waals surface area contributed by atoms with E-state index in [4.69, 9.17) is 9.47 Å². The summed E-state index contributed by atoms with van der Waals surface area (Å²) in [4.78, 5) is 20.6. The van der Waals surface area contributed by atoms with Crippen LogP contribution in [0.2, 0.25) is 0 Å². The van der Waals surface area contributed by atoms with Gasteiger partial charge in [-0.1, -0.05) is 12.1 Å². The molecule has 144 valence electrons. The molecule has 0 aliphatic carbocycles. The van der Waals surface area contributed by atoms with Crippen LogP contribution in [0.3, 0.4) is 0 Å². The zero-order valence-electron chi connectivity index (χ0n) is 15.8. The molecule has 0 saturated heterocycles. The fourth-order valence-corrected chi connectivity index (χ4v) is 2.64. The van der Waals surface area contributed by atoms with E-state index in [2.05, 4.69) is 20.6 Å². The maximum absolute atomic E-state index is 12.3. The average molecular weight is 378 g/mol. The summed E-state index contributed by atoms with van der Waals surface area (Å²) in [5, 5.41) is 6.06. The average Bonchev–Trinajstić information content (AvgIpc) is 2.74. The highest BCUT2D eigenvalue weighted by Gasteiger charge is 2.09. The summed E-state index contributed by atoms with van der Waals surface area (Å²) in [6, 6.07) is 12.9. The summed E-state index contributed by atoms with van der Waals surface area (Å²) in [6.07, 6.45) is 5.44. The van der Waals surface area contributed by atoms with Gasteiger partial charge in [-0.3, -0.25) is 9.78 Å². The van der Waals surface area contributed by atoms with Crippen molar-refractivity contribution < 1.29 is 14.3 Å². The van der Waals surface area contributed by atoms with Crippen LogP contribution in [0.1, 0.15) is 11.1 Å². The summed E-state index contributed by atoms with van der Waals surface area (Å²) in [6.45, 7) is 0.653. The van der Waals surface area contributed by atoms with Crippen LogP contribution in [0.4, 0.5) is 11.5 Å². The van der Waals surface area contributed by atoms with Crippen LogP contribution in [0.25, 0.3) is 0 Å². The Hall–Kier alpha value is -3.61. The van der Waals surface area contributed by atoms with Crippen molar-refractivity contribution in [3.05, 3.63) is 72.2 Å². The van der Waals surface area contributed by atoms with Gasteiger partial charge in [-0.15, -0.1) is 0 Å². The van der Waals surface area contributed by atoms with Gasteiger partial charge in [-0.25, -0.2) is 4.98 Å². The molecule has 7 nitrogen and oxygen atoms in total. The Morgan fingerprint density at radius 2 is 1.86 bits per heavy atom. The van der Waals surface area contributed by atoms with Crippen LogP contribution in [0.15, 0.2) is 61.1 Å². The molecule has 3 aromatic rings. The molecule has 7 heteroatoms. The molecule has 0 unspecified atom stereocenters. The van der Waals surface area contributed by atoms with Gasteiger partial charge >= 0.3 is 0 Å². The van der Waals surface area contributed by atoms with Gasteiger partial charge < -0.3 is 20.1 Å². The number of pyridine rings is 2. The number of benzene rings is 1. The van der Waals surface area contributed by atoms with Crippen LogP contribution in [0, 0.1) is 0 Å². The van der Waals surface area contributed by atoms with Crippen LogP contribution in [-0.4, -0.2) is 30.1 Å². The highest BCUT2D eigenvalue weighted by atomic mass is 16.5. The minimum Gasteiger partial charge on any atom is -0.493 e. The Bertz CT molecular complexity index is 915. The van der Waals surface area contributed by atoms with Crippen LogP contribution < -0.4 is 20.1 Å². The molecule has 0 spiro atoms. The van der Waals surface area contributed by atoms with Crippen molar-refractivity contribution in [2.75, 3.05) is 24.9 Å². The molecule has 3 rings (SSSR count). The van der Waals surface area contributed by atoms with E-state index in [0.29, 0.717) is 23.9 Å². The SMILES string of the molecule is COc1ccc(CC(=O)Nc2ccc(NCc3cccnc3)cn2)cc1OC. The maximum atomic E-state index is 12.3. The number of anilines is 2. The third-order valence-electron chi connectivity index (χ3n) is 4.06. The van der Waals surface area contributed by atoms with Crippen molar-refractivity contribution in [2.45, 2.75) is 13.0 Å². The Kier molecular flexibility index (Phi) is 6.41. The zero-order valence-corrected chi connectivity index (χ0v) is 15.8. The lowest BCUT2D eigenvalue weighted by Gasteiger charge is -2.10. The van der Waals surface area contributed by atoms with Gasteiger partial charge in [0.05, 0.1) is 32.5 Å². The van der Waals surface area contributed by atoms with Gasteiger partial charge in [0.2, 0.25) is 5.91 Å². The first-order chi connectivity index (χ1) is 13.7. The van der Waals surface area contributed by atoms with E-state index >= 15 is 0 Å². The number of nitrogens with zero attached hydrogens (tertiary/aromatic N) is 2. The smallest absolute Gasteiger partial charge is 0.229 e. The molecule has 1 amide bonds. The summed E-state index contributed by atoms with van der Waals surface area (Å²) in [5.74, 6) is 1.56. The maximum Gasteiger partial charge on any atom is 0.229 e. The minimum atomic E-state index is -0.157. The summed E-state index contributed by atoms with van der Waals surface area (Å²) >= 11 is 0. The molecule has 2 N–H and O–H groups in total. The van der Waals surface area contributed by atoms with Crippen LogP contribution in [0.5, 0.6) is 11.5 Å². The quantitative estimate of drug-likeness (QED) is 0.626. The number of methoxy groups -OCH3 is 2. The van der Waals surface area contributed by atoms with E-state index in [1.165, 1.54) is 0 Å². The Morgan fingerprint density at radius 3 is 2.54 bits per heavy atom. The molecule has 0 fully saturated rings. The van der Waals surface area contributed by atoms with E-state index in [1.54, 1.807) is 44.8 Å². The van der Waals surface area contributed by atoms with Gasteiger partial charge in [0.25, 0.3) is 0 Å². The number of hydrogen-bond donors (Lipinski definition) is 2. The molecular weight excluding hydrogens is 356 g/mol. The van der Waals surface area contributed by atoms with Crippen LogP contribution in [-0.2, 0) is 17.8 Å². The summed E-state index contributed by atoms with van der Waals surface area (Å²) in [5.41, 5.74) is 2.77. The first-order valence-corrected chi connectivity index (χ1v) is 8.77. The van der Waals surface area contributed by atoms with Crippen LogP contribution >= 0.6 is 0 Å². The summed E-state index contributed by atoms with van der Waals surface area (Å²) in [7, 11) is 3.14. The van der Waals surface area contributed by atoms with Gasteiger partial charge in [-0.05, 0) is 41.5 Å². The number of carbonyl (C=O) groups is 1. The van der Waals surface area contributed by atoms with Gasteiger partial charge in [0.15, 0.2) is 11.5 Å². The van der Waals surface area contributed by atoms with Crippen molar-refractivity contribution in [1.82, 2.24) is 9.97 Å². The topological polar surface area (TPSA) is 85.4 Å². The van der Waals surface area contributed by atoms with E-state index in [1.807, 2.05) is 30.5 Å². The lowest BCUT2D eigenvalue weighted by molar-refractivity contribution is -0.115. The van der Waals surface area contributed by atoms with E-state index in [9.17, 15) is 4.79 Å². The number of aromatic nitrogens is 2. The number of amides is 1. The Morgan fingerprint density at radius 1 is 1.00 bits per heavy atom. The number of nitrogens with one attached hydrogen (secondary N) is 2. The first-order valence-electron chi connectivity index (χ1n) is 8.77. The van der Waals surface area contributed by atoms with Crippen molar-refractivity contribution in [1.29, 1.82) is 0 Å². The molecule has 0 aliphatic heterocycles. The highest BCUT2D eigenvalue weighted by Crippen LogP contribution is 2.27. The largest absolute Gasteiger partial charge is 0.493 e. The number of ether oxygens (including phenoxy) is 2. The van der Waals surface area contributed by atoms with Gasteiger partial charge in [0, 0.05) is 18.9 Å². The first kappa shape index (κ1) is 19.2. The minimum absolute atomic E-state index is 0.157. The fourth-order valence-electron chi connectivity index (χ4n) is 2.64. The van der Waals surface area contributed by atoms with Crippen molar-refractivity contribution >= 4 is 17.4 Å². The summed E-state index contributed by atoms with van der Waals surface area (Å²) < 4.78 is 10.5. The second kappa shape index (κ2) is 9.36. The second-order valence-electron chi connectivity index (χ2n) is 6.06. The zero-order chi connectivity index (χ0) is 19.8. The molecule has 1 aromatic carbocycles. The number of rotatable bonds is 8. The molecule has 0 saturated carbocycles. The van der Waals surface area contributed by atoms with E-state index in [0.717, 1.165) is 16.8 Å². The number of hydrogen-bond acceptors (Lipinski definition) is 6. The molecule has 28 heavy (non-hydrogen) atoms.